The lowest BCUT2D eigenvalue weighted by molar-refractivity contribution is 0.166. The third-order valence-electron chi connectivity index (χ3n) is 3.57. The van der Waals surface area contributed by atoms with Crippen LogP contribution in [0.3, 0.4) is 0 Å². The molecule has 0 aliphatic carbocycles. The summed E-state index contributed by atoms with van der Waals surface area (Å²) < 4.78 is 5.14. The Hall–Kier alpha value is -2.41. The number of amides is 2. The number of aromatic nitrogens is 2. The summed E-state index contributed by atoms with van der Waals surface area (Å²) in [5.74, 6) is 0.403. The largest absolute Gasteiger partial charge is 0.423 e. The number of hydrogen-bond acceptors (Lipinski definition) is 5. The number of nitrogens with zero attached hydrogens (tertiary/aromatic N) is 3. The molecule has 0 unspecified atom stereocenters. The van der Waals surface area contributed by atoms with Gasteiger partial charge in [-0.15, -0.1) is 10.2 Å². The number of carbonyl (C=O) groups excluding carboxylic acids is 1. The number of carbonyl (C=O) groups is 1. The van der Waals surface area contributed by atoms with Gasteiger partial charge in [0.05, 0.1) is 12.6 Å². The molecule has 0 radical (unpaired) electrons. The molecule has 110 valence electrons. The fourth-order valence-corrected chi connectivity index (χ4v) is 2.52. The molecule has 1 saturated heterocycles. The van der Waals surface area contributed by atoms with Crippen LogP contribution in [0.4, 0.5) is 10.5 Å². The van der Waals surface area contributed by atoms with Gasteiger partial charge in [0.25, 0.3) is 0 Å². The van der Waals surface area contributed by atoms with Crippen molar-refractivity contribution in [1.29, 1.82) is 0 Å². The highest BCUT2D eigenvalue weighted by Crippen LogP contribution is 2.22. The normalized spacial score (nSPS) is 18.0. The molecule has 1 atom stereocenters. The highest BCUT2D eigenvalue weighted by Gasteiger charge is 2.28. The van der Waals surface area contributed by atoms with Gasteiger partial charge in [0.2, 0.25) is 12.3 Å². The number of anilines is 1. The number of urea groups is 1. The van der Waals surface area contributed by atoms with Gasteiger partial charge in [-0.1, -0.05) is 6.07 Å². The van der Waals surface area contributed by atoms with E-state index < -0.39 is 0 Å². The van der Waals surface area contributed by atoms with E-state index in [1.54, 1.807) is 17.0 Å². The summed E-state index contributed by atoms with van der Waals surface area (Å²) in [4.78, 5) is 13.9. The van der Waals surface area contributed by atoms with Crippen molar-refractivity contribution in [1.82, 2.24) is 15.1 Å². The maximum absolute atomic E-state index is 12.2. The fraction of sp³-hybridized carbons (Fsp3) is 0.357. The van der Waals surface area contributed by atoms with Crippen molar-refractivity contribution in [2.24, 2.45) is 0 Å². The monoisotopic (exact) mass is 288 g/mol. The second-order valence-electron chi connectivity index (χ2n) is 4.93. The lowest BCUT2D eigenvalue weighted by Crippen LogP contribution is -2.40. The van der Waals surface area contributed by atoms with Gasteiger partial charge in [-0.2, -0.15) is 0 Å². The standard InChI is InChI=1S/C14H16N4O3/c19-8-12-5-2-6-18(12)14(20)16-11-4-1-3-10(7-11)13-17-15-9-21-13/h1,3-4,7,9,12,19H,2,5-6,8H2,(H,16,20)/t12-/m0/s1. The molecule has 1 aromatic heterocycles. The van der Waals surface area contributed by atoms with Crippen LogP contribution in [0.2, 0.25) is 0 Å². The molecule has 2 aromatic rings. The molecule has 7 nitrogen and oxygen atoms in total. The molecule has 21 heavy (non-hydrogen) atoms. The van der Waals surface area contributed by atoms with E-state index in [4.69, 9.17) is 4.42 Å². The number of likely N-dealkylation sites (tertiary alicyclic amines) is 1. The Labute approximate surface area is 121 Å². The molecule has 1 aliphatic heterocycles. The van der Waals surface area contributed by atoms with Crippen molar-refractivity contribution >= 4 is 11.7 Å². The highest BCUT2D eigenvalue weighted by molar-refractivity contribution is 5.90. The predicted molar refractivity (Wildman–Crippen MR) is 75.6 cm³/mol. The molecule has 2 heterocycles. The van der Waals surface area contributed by atoms with Crippen molar-refractivity contribution in [3.05, 3.63) is 30.7 Å². The van der Waals surface area contributed by atoms with Crippen molar-refractivity contribution in [3.8, 4) is 11.5 Å². The molecule has 1 aromatic carbocycles. The number of benzene rings is 1. The number of hydrogen-bond donors (Lipinski definition) is 2. The molecule has 0 bridgehead atoms. The first kappa shape index (κ1) is 13.6. The summed E-state index contributed by atoms with van der Waals surface area (Å²) in [5.41, 5.74) is 1.39. The van der Waals surface area contributed by atoms with Crippen LogP contribution in [0, 0.1) is 0 Å². The Morgan fingerprint density at radius 3 is 3.19 bits per heavy atom. The molecule has 2 N–H and O–H groups in total. The van der Waals surface area contributed by atoms with Crippen molar-refractivity contribution in [2.75, 3.05) is 18.5 Å². The van der Waals surface area contributed by atoms with Gasteiger partial charge < -0.3 is 19.7 Å². The summed E-state index contributed by atoms with van der Waals surface area (Å²) in [7, 11) is 0. The smallest absolute Gasteiger partial charge is 0.322 e. The van der Waals surface area contributed by atoms with Gasteiger partial charge >= 0.3 is 6.03 Å². The van der Waals surface area contributed by atoms with E-state index in [-0.39, 0.29) is 18.7 Å². The predicted octanol–water partition coefficient (Wildman–Crippen LogP) is 1.73. The van der Waals surface area contributed by atoms with Crippen LogP contribution in [-0.2, 0) is 0 Å². The SMILES string of the molecule is O=C(Nc1cccc(-c2nnco2)c1)N1CCC[C@H]1CO. The Morgan fingerprint density at radius 1 is 1.52 bits per heavy atom. The maximum atomic E-state index is 12.2. The zero-order valence-electron chi connectivity index (χ0n) is 11.4. The first-order valence-electron chi connectivity index (χ1n) is 6.83. The summed E-state index contributed by atoms with van der Waals surface area (Å²) in [6, 6.07) is 6.91. The molecule has 0 saturated carbocycles. The minimum absolute atomic E-state index is 0.00452. The molecule has 7 heteroatoms. The van der Waals surface area contributed by atoms with Crippen LogP contribution >= 0.6 is 0 Å². The molecule has 1 fully saturated rings. The Balaban J connectivity index is 1.73. The van der Waals surface area contributed by atoms with E-state index in [1.165, 1.54) is 6.39 Å². The van der Waals surface area contributed by atoms with Crippen molar-refractivity contribution in [3.63, 3.8) is 0 Å². The van der Waals surface area contributed by atoms with Gasteiger partial charge in [-0.05, 0) is 31.0 Å². The lowest BCUT2D eigenvalue weighted by atomic mass is 10.2. The first-order chi connectivity index (χ1) is 10.3. The summed E-state index contributed by atoms with van der Waals surface area (Å²) in [5, 5.41) is 19.6. The van der Waals surface area contributed by atoms with Crippen molar-refractivity contribution < 1.29 is 14.3 Å². The average molecular weight is 288 g/mol. The first-order valence-corrected chi connectivity index (χ1v) is 6.83. The van der Waals surface area contributed by atoms with Crippen LogP contribution in [0.5, 0.6) is 0 Å². The maximum Gasteiger partial charge on any atom is 0.322 e. The molecule has 0 spiro atoms. The topological polar surface area (TPSA) is 91.5 Å². The minimum atomic E-state index is -0.200. The van der Waals surface area contributed by atoms with E-state index in [0.717, 1.165) is 18.4 Å². The van der Waals surface area contributed by atoms with Crippen LogP contribution < -0.4 is 5.32 Å². The van der Waals surface area contributed by atoms with Gasteiger partial charge in [0.1, 0.15) is 0 Å². The van der Waals surface area contributed by atoms with Crippen LogP contribution in [0.15, 0.2) is 35.1 Å². The second kappa shape index (κ2) is 5.92. The summed E-state index contributed by atoms with van der Waals surface area (Å²) in [6.07, 6.45) is 3.02. The minimum Gasteiger partial charge on any atom is -0.423 e. The van der Waals surface area contributed by atoms with Gasteiger partial charge in [-0.3, -0.25) is 0 Å². The van der Waals surface area contributed by atoms with Crippen molar-refractivity contribution in [2.45, 2.75) is 18.9 Å². The zero-order chi connectivity index (χ0) is 14.7. The van der Waals surface area contributed by atoms with E-state index in [9.17, 15) is 9.90 Å². The number of nitrogens with one attached hydrogen (secondary N) is 1. The lowest BCUT2D eigenvalue weighted by Gasteiger charge is -2.23. The summed E-state index contributed by atoms with van der Waals surface area (Å²) >= 11 is 0. The summed E-state index contributed by atoms with van der Waals surface area (Å²) in [6.45, 7) is 0.663. The number of aliphatic hydroxyl groups is 1. The quantitative estimate of drug-likeness (QED) is 0.897. The molecular weight excluding hydrogens is 272 g/mol. The average Bonchev–Trinajstić information content (AvgIpc) is 3.18. The van der Waals surface area contributed by atoms with Crippen LogP contribution in [0.1, 0.15) is 12.8 Å². The van der Waals surface area contributed by atoms with E-state index >= 15 is 0 Å². The zero-order valence-corrected chi connectivity index (χ0v) is 11.4. The fourth-order valence-electron chi connectivity index (χ4n) is 2.52. The number of rotatable bonds is 3. The van der Waals surface area contributed by atoms with Gasteiger partial charge in [0, 0.05) is 17.8 Å². The third kappa shape index (κ3) is 2.87. The van der Waals surface area contributed by atoms with Gasteiger partial charge in [0.15, 0.2) is 0 Å². The van der Waals surface area contributed by atoms with E-state index in [0.29, 0.717) is 18.1 Å². The Kier molecular flexibility index (Phi) is 3.83. The van der Waals surface area contributed by atoms with Crippen LogP contribution in [-0.4, -0.2) is 45.4 Å². The third-order valence-corrected chi connectivity index (χ3v) is 3.57. The number of aliphatic hydroxyl groups excluding tert-OH is 1. The molecule has 3 rings (SSSR count). The van der Waals surface area contributed by atoms with E-state index in [2.05, 4.69) is 15.5 Å². The van der Waals surface area contributed by atoms with Crippen LogP contribution in [0.25, 0.3) is 11.5 Å². The highest BCUT2D eigenvalue weighted by atomic mass is 16.4. The Morgan fingerprint density at radius 2 is 2.43 bits per heavy atom. The van der Waals surface area contributed by atoms with E-state index in [1.807, 2.05) is 12.1 Å². The second-order valence-corrected chi connectivity index (χ2v) is 4.93. The van der Waals surface area contributed by atoms with Gasteiger partial charge in [-0.25, -0.2) is 4.79 Å². The Bertz CT molecular complexity index is 614. The molecule has 1 aliphatic rings. The molecule has 2 amide bonds. The molecular formula is C14H16N4O3.